The number of hydrogen-bond donors (Lipinski definition) is 1. The van der Waals surface area contributed by atoms with Crippen LogP contribution in [-0.2, 0) is 4.74 Å². The summed E-state index contributed by atoms with van der Waals surface area (Å²) in [6.45, 7) is 9.05. The van der Waals surface area contributed by atoms with E-state index in [1.807, 2.05) is 0 Å². The van der Waals surface area contributed by atoms with E-state index >= 15 is 0 Å². The van der Waals surface area contributed by atoms with Gasteiger partial charge < -0.3 is 15.0 Å². The second-order valence-corrected chi connectivity index (χ2v) is 5.53. The third-order valence-electron chi connectivity index (χ3n) is 4.27. The molecule has 2 rings (SSSR count). The van der Waals surface area contributed by atoms with Crippen LogP contribution in [0.5, 0.6) is 0 Å². The third-order valence-corrected chi connectivity index (χ3v) is 4.27. The average molecular weight is 240 g/mol. The van der Waals surface area contributed by atoms with Gasteiger partial charge in [-0.2, -0.15) is 0 Å². The van der Waals surface area contributed by atoms with Gasteiger partial charge in [0.05, 0.1) is 0 Å². The van der Waals surface area contributed by atoms with Gasteiger partial charge in [0.15, 0.2) is 0 Å². The van der Waals surface area contributed by atoms with E-state index in [1.165, 1.54) is 51.7 Å². The predicted molar refractivity (Wildman–Crippen MR) is 71.3 cm³/mol. The highest BCUT2D eigenvalue weighted by molar-refractivity contribution is 4.75. The standard InChI is InChI=1S/C14H28N2O/c1-2-16(12-13-4-3-5-13)9-8-15-14-6-10-17-11-7-14/h13-15H,2-12H2,1H3. The van der Waals surface area contributed by atoms with Crippen molar-refractivity contribution in [3.8, 4) is 0 Å². The van der Waals surface area contributed by atoms with Crippen molar-refractivity contribution in [3.63, 3.8) is 0 Å². The maximum absolute atomic E-state index is 5.37. The summed E-state index contributed by atoms with van der Waals surface area (Å²) >= 11 is 0. The second-order valence-electron chi connectivity index (χ2n) is 5.53. The lowest BCUT2D eigenvalue weighted by Gasteiger charge is -2.32. The van der Waals surface area contributed by atoms with Gasteiger partial charge in [-0.3, -0.25) is 0 Å². The molecule has 3 heteroatoms. The Hall–Kier alpha value is -0.120. The fourth-order valence-electron chi connectivity index (χ4n) is 2.75. The molecule has 2 fully saturated rings. The molecule has 3 nitrogen and oxygen atoms in total. The van der Waals surface area contributed by atoms with Gasteiger partial charge in [-0.05, 0) is 38.1 Å². The maximum Gasteiger partial charge on any atom is 0.0480 e. The lowest BCUT2D eigenvalue weighted by Crippen LogP contribution is -2.41. The van der Waals surface area contributed by atoms with E-state index < -0.39 is 0 Å². The Labute approximate surface area is 106 Å². The second kappa shape index (κ2) is 7.34. The minimum atomic E-state index is 0.700. The van der Waals surface area contributed by atoms with Crippen LogP contribution >= 0.6 is 0 Å². The van der Waals surface area contributed by atoms with Crippen molar-refractivity contribution in [1.82, 2.24) is 10.2 Å². The monoisotopic (exact) mass is 240 g/mol. The van der Waals surface area contributed by atoms with Crippen LogP contribution in [0.1, 0.15) is 39.0 Å². The first-order chi connectivity index (χ1) is 8.38. The molecule has 0 aromatic carbocycles. The number of nitrogens with one attached hydrogen (secondary N) is 1. The number of ether oxygens (including phenoxy) is 1. The topological polar surface area (TPSA) is 24.5 Å². The predicted octanol–water partition coefficient (Wildman–Crippen LogP) is 1.88. The van der Waals surface area contributed by atoms with Gasteiger partial charge in [-0.25, -0.2) is 0 Å². The van der Waals surface area contributed by atoms with E-state index in [0.29, 0.717) is 6.04 Å². The van der Waals surface area contributed by atoms with Gasteiger partial charge in [0.25, 0.3) is 0 Å². The fourth-order valence-corrected chi connectivity index (χ4v) is 2.75. The molecule has 0 aromatic heterocycles. The van der Waals surface area contributed by atoms with E-state index in [9.17, 15) is 0 Å². The van der Waals surface area contributed by atoms with Crippen LogP contribution in [0.25, 0.3) is 0 Å². The smallest absolute Gasteiger partial charge is 0.0480 e. The van der Waals surface area contributed by atoms with Crippen LogP contribution in [0.3, 0.4) is 0 Å². The number of nitrogens with zero attached hydrogens (tertiary/aromatic N) is 1. The molecule has 1 heterocycles. The molecule has 0 aromatic rings. The SMILES string of the molecule is CCN(CCNC1CCOCC1)CC1CCC1. The van der Waals surface area contributed by atoms with E-state index in [4.69, 9.17) is 4.74 Å². The number of likely N-dealkylation sites (N-methyl/N-ethyl adjacent to an activating group) is 1. The molecule has 1 aliphatic carbocycles. The fraction of sp³-hybridized carbons (Fsp3) is 1.00. The van der Waals surface area contributed by atoms with E-state index in [1.54, 1.807) is 0 Å². The van der Waals surface area contributed by atoms with Crippen LogP contribution in [0.15, 0.2) is 0 Å². The molecule has 100 valence electrons. The van der Waals surface area contributed by atoms with Crippen molar-refractivity contribution < 1.29 is 4.74 Å². The summed E-state index contributed by atoms with van der Waals surface area (Å²) in [6, 6.07) is 0.700. The van der Waals surface area contributed by atoms with Crippen molar-refractivity contribution in [2.24, 2.45) is 5.92 Å². The van der Waals surface area contributed by atoms with Gasteiger partial charge in [0.2, 0.25) is 0 Å². The highest BCUT2D eigenvalue weighted by atomic mass is 16.5. The minimum Gasteiger partial charge on any atom is -0.381 e. The lowest BCUT2D eigenvalue weighted by atomic mass is 9.85. The Balaban J connectivity index is 1.55. The average Bonchev–Trinajstić information content (AvgIpc) is 2.32. The van der Waals surface area contributed by atoms with Crippen LogP contribution in [0.4, 0.5) is 0 Å². The zero-order valence-corrected chi connectivity index (χ0v) is 11.3. The molecule has 1 saturated heterocycles. The third kappa shape index (κ3) is 4.57. The van der Waals surface area contributed by atoms with Crippen molar-refractivity contribution in [1.29, 1.82) is 0 Å². The lowest BCUT2D eigenvalue weighted by molar-refractivity contribution is 0.0768. The van der Waals surface area contributed by atoms with Crippen LogP contribution in [0, 0.1) is 5.92 Å². The normalized spacial score (nSPS) is 22.9. The Bertz CT molecular complexity index is 200. The Morgan fingerprint density at radius 3 is 2.53 bits per heavy atom. The van der Waals surface area contributed by atoms with Gasteiger partial charge in [-0.15, -0.1) is 0 Å². The first-order valence-electron chi connectivity index (χ1n) is 7.42. The summed E-state index contributed by atoms with van der Waals surface area (Å²) in [5, 5.41) is 3.67. The molecule has 0 bridgehead atoms. The van der Waals surface area contributed by atoms with E-state index in [2.05, 4.69) is 17.1 Å². The minimum absolute atomic E-state index is 0.700. The summed E-state index contributed by atoms with van der Waals surface area (Å²) in [6.07, 6.45) is 6.76. The maximum atomic E-state index is 5.37. The molecule has 1 saturated carbocycles. The quantitative estimate of drug-likeness (QED) is 0.735. The molecule has 1 aliphatic heterocycles. The van der Waals surface area contributed by atoms with Crippen molar-refractivity contribution in [2.45, 2.75) is 45.1 Å². The molecule has 0 spiro atoms. The molecule has 2 aliphatic rings. The van der Waals surface area contributed by atoms with E-state index in [0.717, 1.165) is 25.7 Å². The summed E-state index contributed by atoms with van der Waals surface area (Å²) in [5.74, 6) is 0.998. The largest absolute Gasteiger partial charge is 0.381 e. The molecule has 1 N–H and O–H groups in total. The van der Waals surface area contributed by atoms with Crippen molar-refractivity contribution in [3.05, 3.63) is 0 Å². The van der Waals surface area contributed by atoms with Crippen LogP contribution < -0.4 is 5.32 Å². The number of rotatable bonds is 7. The van der Waals surface area contributed by atoms with Gasteiger partial charge >= 0.3 is 0 Å². The Morgan fingerprint density at radius 1 is 1.18 bits per heavy atom. The zero-order valence-electron chi connectivity index (χ0n) is 11.3. The molecule has 0 atom stereocenters. The van der Waals surface area contributed by atoms with Crippen LogP contribution in [0.2, 0.25) is 0 Å². The molecular formula is C14H28N2O. The molecule has 0 amide bonds. The summed E-state index contributed by atoms with van der Waals surface area (Å²) in [5.41, 5.74) is 0. The first-order valence-corrected chi connectivity index (χ1v) is 7.42. The first kappa shape index (κ1) is 13.3. The molecule has 0 radical (unpaired) electrons. The van der Waals surface area contributed by atoms with Gasteiger partial charge in [0.1, 0.15) is 0 Å². The highest BCUT2D eigenvalue weighted by Gasteiger charge is 2.20. The summed E-state index contributed by atoms with van der Waals surface area (Å²) in [4.78, 5) is 2.61. The highest BCUT2D eigenvalue weighted by Crippen LogP contribution is 2.26. The van der Waals surface area contributed by atoms with Gasteiger partial charge in [-0.1, -0.05) is 13.3 Å². The van der Waals surface area contributed by atoms with Crippen molar-refractivity contribution >= 4 is 0 Å². The Morgan fingerprint density at radius 2 is 1.94 bits per heavy atom. The summed E-state index contributed by atoms with van der Waals surface area (Å²) in [7, 11) is 0. The zero-order chi connectivity index (χ0) is 11.9. The molecule has 17 heavy (non-hydrogen) atoms. The van der Waals surface area contributed by atoms with E-state index in [-0.39, 0.29) is 0 Å². The van der Waals surface area contributed by atoms with Gasteiger partial charge in [0, 0.05) is 38.9 Å². The summed E-state index contributed by atoms with van der Waals surface area (Å²) < 4.78 is 5.37. The van der Waals surface area contributed by atoms with Crippen LogP contribution in [-0.4, -0.2) is 50.3 Å². The van der Waals surface area contributed by atoms with Crippen molar-refractivity contribution in [2.75, 3.05) is 39.4 Å². The Kier molecular flexibility index (Phi) is 5.75. The number of hydrogen-bond acceptors (Lipinski definition) is 3. The molecule has 0 unspecified atom stereocenters. The molecular weight excluding hydrogens is 212 g/mol.